The number of carboxylic acids is 1. The van der Waals surface area contributed by atoms with Crippen LogP contribution in [0.3, 0.4) is 0 Å². The van der Waals surface area contributed by atoms with Gasteiger partial charge in [0.1, 0.15) is 0 Å². The summed E-state index contributed by atoms with van der Waals surface area (Å²) in [5.41, 5.74) is 1.13. The molecule has 7 atom stereocenters. The third-order valence-corrected chi connectivity index (χ3v) is 10.5. The third kappa shape index (κ3) is 3.69. The van der Waals surface area contributed by atoms with Gasteiger partial charge in [-0.05, 0) is 105 Å². The quantitative estimate of drug-likeness (QED) is 0.182. The maximum absolute atomic E-state index is 10.9. The van der Waals surface area contributed by atoms with Crippen molar-refractivity contribution in [3.05, 3.63) is 0 Å². The van der Waals surface area contributed by atoms with Crippen molar-refractivity contribution in [3.8, 4) is 0 Å². The fourth-order valence-electron chi connectivity index (χ4n) is 8.79. The maximum atomic E-state index is 10.9. The molecule has 4 fully saturated rings. The van der Waals surface area contributed by atoms with E-state index >= 15 is 0 Å². The monoisotopic (exact) mass is 417 g/mol. The Hall–Kier alpha value is -1.10. The van der Waals surface area contributed by atoms with Crippen LogP contribution in [0, 0.1) is 45.8 Å². The van der Waals surface area contributed by atoms with Crippen molar-refractivity contribution in [2.24, 2.45) is 46.3 Å². The molecule has 5 heteroatoms. The van der Waals surface area contributed by atoms with Crippen LogP contribution < -0.4 is 5.84 Å². The minimum absolute atomic E-state index is 0.461. The minimum Gasteiger partial charge on any atom is -0.475 e. The number of fused-ring (bicyclic) bond motifs is 5. The average Bonchev–Trinajstić information content (AvgIpc) is 3.06. The van der Waals surface area contributed by atoms with Gasteiger partial charge in [-0.15, -0.1) is 0 Å². The number of rotatable bonds is 5. The van der Waals surface area contributed by atoms with Crippen LogP contribution in [0.4, 0.5) is 0 Å². The number of nitrogens with one attached hydrogen (secondary N) is 1. The highest BCUT2D eigenvalue weighted by molar-refractivity contribution is 6.32. The van der Waals surface area contributed by atoms with Gasteiger partial charge in [0.2, 0.25) is 5.84 Å². The zero-order chi connectivity index (χ0) is 21.5. The van der Waals surface area contributed by atoms with E-state index in [9.17, 15) is 4.79 Å². The molecule has 0 amide bonds. The topological polar surface area (TPSA) is 90.4 Å². The van der Waals surface area contributed by atoms with E-state index in [0.717, 1.165) is 47.4 Å². The van der Waals surface area contributed by atoms with Gasteiger partial charge < -0.3 is 5.11 Å². The van der Waals surface area contributed by atoms with Crippen molar-refractivity contribution in [3.63, 3.8) is 0 Å². The second kappa shape index (κ2) is 8.44. The average molecular weight is 418 g/mol. The van der Waals surface area contributed by atoms with Crippen LogP contribution in [0.15, 0.2) is 0 Å². The van der Waals surface area contributed by atoms with E-state index in [1.165, 1.54) is 70.6 Å². The number of hydrazine groups is 1. The van der Waals surface area contributed by atoms with Crippen LogP contribution in [0.1, 0.15) is 97.3 Å². The van der Waals surface area contributed by atoms with Gasteiger partial charge in [0.15, 0.2) is 0 Å². The minimum atomic E-state index is -1.25. The van der Waals surface area contributed by atoms with E-state index in [4.69, 9.17) is 16.4 Å². The molecule has 4 aliphatic carbocycles. The fraction of sp³-hybridized carbons (Fsp3) is 0.920. The van der Waals surface area contributed by atoms with Crippen LogP contribution in [0.25, 0.3) is 0 Å². The van der Waals surface area contributed by atoms with E-state index < -0.39 is 11.8 Å². The molecule has 4 saturated carbocycles. The fourth-order valence-corrected chi connectivity index (χ4v) is 8.79. The van der Waals surface area contributed by atoms with Gasteiger partial charge in [0, 0.05) is 6.54 Å². The Bertz CT molecular complexity index is 667. The molecule has 0 bridgehead atoms. The van der Waals surface area contributed by atoms with Crippen LogP contribution in [-0.4, -0.2) is 28.5 Å². The first-order valence-electron chi connectivity index (χ1n) is 12.6. The summed E-state index contributed by atoms with van der Waals surface area (Å²) >= 11 is 0. The number of carboxylic acid groups (broad SMARTS) is 1. The molecule has 7 unspecified atom stereocenters. The van der Waals surface area contributed by atoms with Crippen LogP contribution in [-0.2, 0) is 4.79 Å². The smallest absolute Gasteiger partial charge is 0.372 e. The lowest BCUT2D eigenvalue weighted by Crippen LogP contribution is -2.52. The second-order valence-corrected chi connectivity index (χ2v) is 11.6. The number of aliphatic carboxylic acids is 1. The number of hydrogen-bond acceptors (Lipinski definition) is 3. The Morgan fingerprint density at radius 2 is 1.77 bits per heavy atom. The molecule has 4 rings (SSSR count). The van der Waals surface area contributed by atoms with Gasteiger partial charge >= 0.3 is 5.97 Å². The summed E-state index contributed by atoms with van der Waals surface area (Å²) in [5, 5.41) is 17.4. The summed E-state index contributed by atoms with van der Waals surface area (Å²) in [6, 6.07) is 0. The van der Waals surface area contributed by atoms with Crippen LogP contribution in [0.5, 0.6) is 0 Å². The molecule has 0 spiro atoms. The van der Waals surface area contributed by atoms with Crippen LogP contribution >= 0.6 is 0 Å². The molecule has 0 saturated heterocycles. The molecule has 170 valence electrons. The van der Waals surface area contributed by atoms with E-state index in [0.29, 0.717) is 17.4 Å². The second-order valence-electron chi connectivity index (χ2n) is 11.6. The third-order valence-electron chi connectivity index (χ3n) is 10.5. The number of carbonyl (C=O) groups is 1. The van der Waals surface area contributed by atoms with Gasteiger partial charge in [-0.1, -0.05) is 33.1 Å². The molecule has 0 radical (unpaired) electrons. The summed E-state index contributed by atoms with van der Waals surface area (Å²) in [7, 11) is 0. The Balaban J connectivity index is 1.34. The molecular weight excluding hydrogens is 374 g/mol. The molecular formula is C25H43N3O2. The lowest BCUT2D eigenvalue weighted by molar-refractivity contribution is -0.130. The van der Waals surface area contributed by atoms with Gasteiger partial charge in [0.25, 0.3) is 0 Å². The van der Waals surface area contributed by atoms with Gasteiger partial charge in [-0.25, -0.2) is 10.6 Å². The largest absolute Gasteiger partial charge is 0.475 e. The number of amidine groups is 1. The Morgan fingerprint density at radius 1 is 1.00 bits per heavy atom. The van der Waals surface area contributed by atoms with Crippen LogP contribution in [0.2, 0.25) is 0 Å². The molecule has 0 aromatic rings. The van der Waals surface area contributed by atoms with Crippen molar-refractivity contribution in [2.75, 3.05) is 6.54 Å². The normalized spacial score (nSPS) is 42.7. The Kier molecular flexibility index (Phi) is 6.22. The molecule has 4 N–H and O–H groups in total. The molecule has 0 heterocycles. The predicted octanol–water partition coefficient (Wildman–Crippen LogP) is 5.44. The van der Waals surface area contributed by atoms with Crippen molar-refractivity contribution in [2.45, 2.75) is 97.3 Å². The lowest BCUT2D eigenvalue weighted by atomic mass is 9.45. The molecule has 0 aromatic carbocycles. The van der Waals surface area contributed by atoms with Crippen molar-refractivity contribution < 1.29 is 9.90 Å². The summed E-state index contributed by atoms with van der Waals surface area (Å²) in [5.74, 6) is 8.62. The molecule has 0 aliphatic heterocycles. The lowest BCUT2D eigenvalue weighted by Gasteiger charge is -2.60. The van der Waals surface area contributed by atoms with Crippen molar-refractivity contribution in [1.82, 2.24) is 5.01 Å². The van der Waals surface area contributed by atoms with E-state index in [1.807, 2.05) is 0 Å². The Morgan fingerprint density at radius 3 is 2.53 bits per heavy atom. The number of nitrogens with two attached hydrogens (primary N) is 1. The summed E-state index contributed by atoms with van der Waals surface area (Å²) in [6.45, 7) is 5.73. The zero-order valence-corrected chi connectivity index (χ0v) is 19.2. The van der Waals surface area contributed by atoms with E-state index in [1.54, 1.807) is 0 Å². The van der Waals surface area contributed by atoms with E-state index in [-0.39, 0.29) is 0 Å². The number of nitrogens with zero attached hydrogens (tertiary/aromatic N) is 1. The first-order valence-corrected chi connectivity index (χ1v) is 12.6. The summed E-state index contributed by atoms with van der Waals surface area (Å²) in [6.07, 6.45) is 17.7. The predicted molar refractivity (Wildman–Crippen MR) is 120 cm³/mol. The number of hydrogen-bond donors (Lipinski definition) is 3. The summed E-state index contributed by atoms with van der Waals surface area (Å²) in [4.78, 5) is 10.9. The first-order chi connectivity index (χ1) is 14.3. The molecule has 0 aromatic heterocycles. The summed E-state index contributed by atoms with van der Waals surface area (Å²) < 4.78 is 0. The highest BCUT2D eigenvalue weighted by atomic mass is 16.4. The Labute approximate surface area is 182 Å². The first kappa shape index (κ1) is 22.1. The zero-order valence-electron chi connectivity index (χ0n) is 19.2. The molecule has 30 heavy (non-hydrogen) atoms. The standard InChI is InChI=1S/C25H43N3O2/c1-24-14-5-3-7-17(24)9-11-19-20-12-10-18(25(20,2)15-13-21(19)24)8-4-6-16-28(27)22(26)23(29)30/h17-21,26H,3-16,27H2,1-2H3,(H,29,30). The number of unbranched alkanes of at least 4 members (excludes halogenated alkanes) is 1. The van der Waals surface area contributed by atoms with Crippen molar-refractivity contribution >= 4 is 11.8 Å². The molecule has 4 aliphatic rings. The highest BCUT2D eigenvalue weighted by Gasteiger charge is 2.59. The van der Waals surface area contributed by atoms with Gasteiger partial charge in [-0.2, -0.15) is 0 Å². The van der Waals surface area contributed by atoms with E-state index in [2.05, 4.69) is 13.8 Å². The highest BCUT2D eigenvalue weighted by Crippen LogP contribution is 2.67. The maximum Gasteiger partial charge on any atom is 0.372 e. The SMILES string of the molecule is CC12CCCCC1CCC1C2CCC2(C)C(CCCCN(N)C(=N)C(=O)O)CCC12. The van der Waals surface area contributed by atoms with Gasteiger partial charge in [0.05, 0.1) is 0 Å². The van der Waals surface area contributed by atoms with Gasteiger partial charge in [-0.3, -0.25) is 10.4 Å². The van der Waals surface area contributed by atoms with Crippen molar-refractivity contribution in [1.29, 1.82) is 5.41 Å². The molecule has 5 nitrogen and oxygen atoms in total.